The number of hydrogen-bond acceptors (Lipinski definition) is 2. The van der Waals surface area contributed by atoms with E-state index in [1.165, 1.54) is 55.0 Å². The van der Waals surface area contributed by atoms with Gasteiger partial charge >= 0.3 is 0 Å². The summed E-state index contributed by atoms with van der Waals surface area (Å²) in [5, 5.41) is 7.18. The molecule has 234 valence electrons. The summed E-state index contributed by atoms with van der Waals surface area (Å²) in [6, 6.07) is 54.4. The lowest BCUT2D eigenvalue weighted by atomic mass is 9.86. The normalized spacial score (nSPS) is 13.9. The Labute approximate surface area is 286 Å². The molecule has 0 amide bonds. The van der Waals surface area contributed by atoms with E-state index in [9.17, 15) is 0 Å². The Morgan fingerprint density at radius 3 is 2.08 bits per heavy atom. The summed E-state index contributed by atoms with van der Waals surface area (Å²) >= 11 is 0. The second-order valence-corrected chi connectivity index (χ2v) is 13.0. The van der Waals surface area contributed by atoms with Gasteiger partial charge in [-0.1, -0.05) is 134 Å². The zero-order valence-electron chi connectivity index (χ0n) is 27.7. The molecule has 0 bridgehead atoms. The van der Waals surface area contributed by atoms with Crippen LogP contribution in [0.4, 0.5) is 0 Å². The molecule has 1 aromatic heterocycles. The first-order valence-corrected chi connectivity index (χ1v) is 17.2. The summed E-state index contributed by atoms with van der Waals surface area (Å²) in [6.07, 6.45) is 1.58. The molecule has 2 heteroatoms. The molecule has 2 nitrogen and oxygen atoms in total. The number of rotatable bonds is 5. The van der Waals surface area contributed by atoms with Crippen molar-refractivity contribution in [3.8, 4) is 11.1 Å². The van der Waals surface area contributed by atoms with Crippen LogP contribution < -0.4 is 0 Å². The highest BCUT2D eigenvalue weighted by atomic mass is 16.3. The van der Waals surface area contributed by atoms with Gasteiger partial charge in [0.2, 0.25) is 0 Å². The molecule has 1 aliphatic heterocycles. The molecular weight excluding hydrogens is 595 g/mol. The van der Waals surface area contributed by atoms with Gasteiger partial charge < -0.3 is 4.42 Å². The Morgan fingerprint density at radius 2 is 1.24 bits per heavy atom. The van der Waals surface area contributed by atoms with Crippen LogP contribution in [0, 0.1) is 0 Å². The monoisotopic (exact) mass is 629 g/mol. The fraction of sp³-hybridized carbons (Fsp3) is 0.0851. The van der Waals surface area contributed by atoms with Crippen molar-refractivity contribution in [3.63, 3.8) is 0 Å². The van der Waals surface area contributed by atoms with Crippen LogP contribution in [0.3, 0.4) is 0 Å². The minimum Gasteiger partial charge on any atom is -0.456 e. The second kappa shape index (κ2) is 11.9. The molecule has 0 N–H and O–H groups in total. The maximum Gasteiger partial charge on any atom is 0.136 e. The zero-order valence-corrected chi connectivity index (χ0v) is 27.7. The highest BCUT2D eigenvalue weighted by Crippen LogP contribution is 2.44. The van der Waals surface area contributed by atoms with E-state index in [0.717, 1.165) is 57.3 Å². The molecular formula is C47H35NO. The van der Waals surface area contributed by atoms with Crippen LogP contribution in [-0.2, 0) is 0 Å². The first-order chi connectivity index (χ1) is 24.2. The molecule has 0 saturated carbocycles. The van der Waals surface area contributed by atoms with E-state index in [-0.39, 0.29) is 0 Å². The second-order valence-electron chi connectivity index (χ2n) is 13.0. The number of allylic oxidation sites excluding steroid dienone is 3. The van der Waals surface area contributed by atoms with Crippen molar-refractivity contribution >= 4 is 60.5 Å². The Balaban J connectivity index is 1.35. The van der Waals surface area contributed by atoms with Crippen molar-refractivity contribution in [2.75, 3.05) is 0 Å². The first-order valence-electron chi connectivity index (χ1n) is 17.2. The van der Waals surface area contributed by atoms with Gasteiger partial charge in [-0.3, -0.25) is 4.99 Å². The van der Waals surface area contributed by atoms with E-state index in [0.29, 0.717) is 0 Å². The van der Waals surface area contributed by atoms with E-state index in [1.807, 2.05) is 6.07 Å². The molecule has 7 aromatic carbocycles. The summed E-state index contributed by atoms with van der Waals surface area (Å²) in [7, 11) is 0. The van der Waals surface area contributed by atoms with Crippen molar-refractivity contribution in [3.05, 3.63) is 179 Å². The third kappa shape index (κ3) is 5.00. The fourth-order valence-electron chi connectivity index (χ4n) is 7.76. The molecule has 0 aliphatic carbocycles. The summed E-state index contributed by atoms with van der Waals surface area (Å²) in [4.78, 5) is 5.75. The molecule has 9 rings (SSSR count). The van der Waals surface area contributed by atoms with E-state index >= 15 is 0 Å². The van der Waals surface area contributed by atoms with Crippen LogP contribution in [0.5, 0.6) is 0 Å². The summed E-state index contributed by atoms with van der Waals surface area (Å²) in [5.41, 5.74) is 13.6. The average Bonchev–Trinajstić information content (AvgIpc) is 3.47. The summed E-state index contributed by atoms with van der Waals surface area (Å²) in [5.74, 6) is 0. The van der Waals surface area contributed by atoms with Crippen molar-refractivity contribution in [2.45, 2.75) is 26.7 Å². The van der Waals surface area contributed by atoms with Crippen LogP contribution in [-0.4, -0.2) is 5.71 Å². The quantitative estimate of drug-likeness (QED) is 0.186. The molecule has 0 saturated heterocycles. The van der Waals surface area contributed by atoms with Crippen LogP contribution in [0.25, 0.3) is 65.9 Å². The molecule has 8 aromatic rings. The van der Waals surface area contributed by atoms with Gasteiger partial charge in [-0.05, 0) is 98.6 Å². The van der Waals surface area contributed by atoms with Crippen LogP contribution >= 0.6 is 0 Å². The minimum absolute atomic E-state index is 0.740. The third-order valence-corrected chi connectivity index (χ3v) is 10.0. The van der Waals surface area contributed by atoms with Crippen molar-refractivity contribution in [2.24, 2.45) is 4.99 Å². The average molecular weight is 630 g/mol. The molecule has 0 atom stereocenters. The predicted octanol–water partition coefficient (Wildman–Crippen LogP) is 13.0. The molecule has 1 aliphatic rings. The maximum absolute atomic E-state index is 6.41. The largest absolute Gasteiger partial charge is 0.456 e. The van der Waals surface area contributed by atoms with Gasteiger partial charge in [-0.15, -0.1) is 0 Å². The number of fused-ring (bicyclic) bond motifs is 5. The number of nitrogens with zero attached hydrogens (tertiary/aromatic N) is 1. The Hall–Kier alpha value is -5.99. The fourth-order valence-corrected chi connectivity index (χ4v) is 7.76. The Kier molecular flexibility index (Phi) is 7.09. The summed E-state index contributed by atoms with van der Waals surface area (Å²) in [6.45, 7) is 4.56. The predicted molar refractivity (Wildman–Crippen MR) is 208 cm³/mol. The smallest absolute Gasteiger partial charge is 0.136 e. The van der Waals surface area contributed by atoms with Gasteiger partial charge in [-0.25, -0.2) is 0 Å². The van der Waals surface area contributed by atoms with E-state index < -0.39 is 0 Å². The Morgan fingerprint density at radius 1 is 0.551 bits per heavy atom. The van der Waals surface area contributed by atoms with Gasteiger partial charge in [0, 0.05) is 22.8 Å². The van der Waals surface area contributed by atoms with Crippen LogP contribution in [0.15, 0.2) is 172 Å². The highest BCUT2D eigenvalue weighted by molar-refractivity contribution is 6.16. The van der Waals surface area contributed by atoms with Crippen molar-refractivity contribution in [1.29, 1.82) is 0 Å². The van der Waals surface area contributed by atoms with Crippen molar-refractivity contribution in [1.82, 2.24) is 0 Å². The highest BCUT2D eigenvalue weighted by Gasteiger charge is 2.25. The number of para-hydroxylation sites is 1. The lowest BCUT2D eigenvalue weighted by Crippen LogP contribution is -2.03. The SMILES string of the molecule is CCC1=C(c2cccc3oc4ccccc4c23)N=C(c2cc(-c3ccccc3)c3ccccc3c2)CC(C)=C1c1ccc2ccccc2c1. The molecule has 0 fully saturated rings. The molecule has 0 spiro atoms. The Bertz CT molecular complexity index is 2670. The standard InChI is InChI=1S/C47H35NO/c1-3-37-45(35-25-24-31-14-7-8-17-33(31)27-35)30(2)26-42(36-28-34-18-9-10-19-38(34)41(29-36)32-15-5-4-6-16-32)48-47(37)40-21-13-23-44-46(40)39-20-11-12-22-43(39)49-44/h4-25,27-29H,3,26H2,1-2H3. The van der Waals surface area contributed by atoms with E-state index in [1.54, 1.807) is 0 Å². The van der Waals surface area contributed by atoms with Gasteiger partial charge in [0.1, 0.15) is 11.2 Å². The van der Waals surface area contributed by atoms with E-state index in [4.69, 9.17) is 9.41 Å². The topological polar surface area (TPSA) is 25.5 Å². The van der Waals surface area contributed by atoms with Gasteiger partial charge in [-0.2, -0.15) is 0 Å². The third-order valence-electron chi connectivity index (χ3n) is 10.0. The number of benzene rings is 7. The number of furan rings is 1. The lowest BCUT2D eigenvalue weighted by molar-refractivity contribution is 0.669. The molecule has 2 heterocycles. The van der Waals surface area contributed by atoms with Crippen LogP contribution in [0.2, 0.25) is 0 Å². The maximum atomic E-state index is 6.41. The van der Waals surface area contributed by atoms with E-state index in [2.05, 4.69) is 159 Å². The zero-order chi connectivity index (χ0) is 32.9. The molecule has 0 unspecified atom stereocenters. The summed E-state index contributed by atoms with van der Waals surface area (Å²) < 4.78 is 6.41. The van der Waals surface area contributed by atoms with Crippen molar-refractivity contribution < 1.29 is 4.42 Å². The van der Waals surface area contributed by atoms with Gasteiger partial charge in [0.05, 0.1) is 11.4 Å². The molecule has 49 heavy (non-hydrogen) atoms. The minimum atomic E-state index is 0.740. The van der Waals surface area contributed by atoms with Crippen LogP contribution in [0.1, 0.15) is 43.4 Å². The number of aliphatic imine (C=N–C) groups is 1. The lowest BCUT2D eigenvalue weighted by Gasteiger charge is -2.17. The first kappa shape index (κ1) is 29.2. The van der Waals surface area contributed by atoms with Gasteiger partial charge in [0.25, 0.3) is 0 Å². The van der Waals surface area contributed by atoms with Gasteiger partial charge in [0.15, 0.2) is 0 Å². The molecule has 0 radical (unpaired) electrons. The number of hydrogen-bond donors (Lipinski definition) is 0.